The Morgan fingerprint density at radius 3 is 2.52 bits per heavy atom. The average Bonchev–Trinajstić information content (AvgIpc) is 3.00. The zero-order chi connectivity index (χ0) is 19.6. The molecule has 138 valence electrons. The van der Waals surface area contributed by atoms with Crippen LogP contribution in [0.5, 0.6) is 5.75 Å². The summed E-state index contributed by atoms with van der Waals surface area (Å²) in [7, 11) is -1.95. The molecule has 3 aromatic rings. The minimum Gasteiger partial charge on any atom is -0.497 e. The normalized spacial score (nSPS) is 11.1. The predicted molar refractivity (Wildman–Crippen MR) is 107 cm³/mol. The number of nitrogens with one attached hydrogen (secondary N) is 1. The van der Waals surface area contributed by atoms with Crippen molar-refractivity contribution >= 4 is 26.6 Å². The van der Waals surface area contributed by atoms with Crippen LogP contribution in [0.4, 0.5) is 5.69 Å². The van der Waals surface area contributed by atoms with Crippen LogP contribution in [0.2, 0.25) is 0 Å². The van der Waals surface area contributed by atoms with Crippen molar-refractivity contribution in [2.24, 2.45) is 0 Å². The number of aryl methyl sites for hydroxylation is 1. The van der Waals surface area contributed by atoms with Gasteiger partial charge in [0.1, 0.15) is 11.8 Å². The van der Waals surface area contributed by atoms with Crippen LogP contribution in [0.1, 0.15) is 12.5 Å². The molecule has 1 N–H and O–H groups in total. The summed E-state index contributed by atoms with van der Waals surface area (Å²) in [5, 5.41) is 11.5. The molecule has 1 aromatic heterocycles. The highest BCUT2D eigenvalue weighted by atomic mass is 32.2. The predicted octanol–water partition coefficient (Wildman–Crippen LogP) is 4.09. The van der Waals surface area contributed by atoms with Crippen LogP contribution in [0.25, 0.3) is 22.2 Å². The number of fused-ring (bicyclic) bond motifs is 1. The van der Waals surface area contributed by atoms with Crippen molar-refractivity contribution in [3.05, 3.63) is 60.0 Å². The van der Waals surface area contributed by atoms with E-state index in [1.807, 2.05) is 25.1 Å². The van der Waals surface area contributed by atoms with Crippen molar-refractivity contribution in [2.75, 3.05) is 11.8 Å². The van der Waals surface area contributed by atoms with E-state index in [1.54, 1.807) is 31.4 Å². The van der Waals surface area contributed by atoms with Crippen molar-refractivity contribution in [3.8, 4) is 23.1 Å². The number of rotatable bonds is 6. The number of sulfonamides is 1. The Labute approximate surface area is 158 Å². The molecule has 0 saturated heterocycles. The molecule has 1 heterocycles. The number of methoxy groups -OCH3 is 1. The number of benzene rings is 2. The lowest BCUT2D eigenvalue weighted by Gasteiger charge is -2.10. The van der Waals surface area contributed by atoms with E-state index in [9.17, 15) is 13.7 Å². The van der Waals surface area contributed by atoms with Gasteiger partial charge in [-0.1, -0.05) is 18.7 Å². The summed E-state index contributed by atoms with van der Waals surface area (Å²) in [6.07, 6.45) is 0. The molecule has 0 amide bonds. The van der Waals surface area contributed by atoms with Gasteiger partial charge in [-0.05, 0) is 36.8 Å². The number of ether oxygens (including phenoxy) is 1. The summed E-state index contributed by atoms with van der Waals surface area (Å²) >= 11 is 0. The van der Waals surface area contributed by atoms with Gasteiger partial charge in [0, 0.05) is 29.1 Å². The van der Waals surface area contributed by atoms with Gasteiger partial charge in [0.05, 0.1) is 23.9 Å². The fourth-order valence-electron chi connectivity index (χ4n) is 3.10. The lowest BCUT2D eigenvalue weighted by Crippen LogP contribution is -2.08. The fourth-order valence-corrected chi connectivity index (χ4v) is 3.65. The van der Waals surface area contributed by atoms with Crippen LogP contribution in [0.3, 0.4) is 0 Å². The molecule has 7 heteroatoms. The molecule has 0 bridgehead atoms. The summed E-state index contributed by atoms with van der Waals surface area (Å²) in [5.74, 6) is 0.722. The number of nitrogens with zero attached hydrogens (tertiary/aromatic N) is 2. The SMILES string of the molecule is C=CS(=O)(=O)Nc1ccc(-c2c(C#N)c3ccc(OC)cc3n2CC)cc1. The number of anilines is 1. The molecule has 6 nitrogen and oxygen atoms in total. The lowest BCUT2D eigenvalue weighted by molar-refractivity contribution is 0.415. The molecular formula is C20H19N3O3S. The molecule has 0 fully saturated rings. The van der Waals surface area contributed by atoms with Gasteiger partial charge in [-0.15, -0.1) is 0 Å². The van der Waals surface area contributed by atoms with Gasteiger partial charge in [0.25, 0.3) is 10.0 Å². The molecule has 2 aromatic carbocycles. The molecule has 0 radical (unpaired) electrons. The highest BCUT2D eigenvalue weighted by Crippen LogP contribution is 2.35. The quantitative estimate of drug-likeness (QED) is 0.697. The van der Waals surface area contributed by atoms with E-state index in [0.29, 0.717) is 17.8 Å². The first kappa shape index (κ1) is 18.5. The van der Waals surface area contributed by atoms with E-state index in [-0.39, 0.29) is 0 Å². The van der Waals surface area contributed by atoms with Crippen molar-refractivity contribution in [2.45, 2.75) is 13.5 Å². The monoisotopic (exact) mass is 381 g/mol. The molecule has 3 rings (SSSR count). The smallest absolute Gasteiger partial charge is 0.254 e. The molecule has 0 aliphatic carbocycles. The van der Waals surface area contributed by atoms with Crippen LogP contribution in [0.15, 0.2) is 54.5 Å². The first-order chi connectivity index (χ1) is 12.9. The first-order valence-electron chi connectivity index (χ1n) is 8.30. The molecular weight excluding hydrogens is 362 g/mol. The third kappa shape index (κ3) is 3.39. The molecule has 0 unspecified atom stereocenters. The van der Waals surface area contributed by atoms with Gasteiger partial charge in [-0.3, -0.25) is 4.72 Å². The van der Waals surface area contributed by atoms with Gasteiger partial charge in [0.2, 0.25) is 0 Å². The van der Waals surface area contributed by atoms with Gasteiger partial charge >= 0.3 is 0 Å². The van der Waals surface area contributed by atoms with Crippen molar-refractivity contribution in [1.29, 1.82) is 5.26 Å². The Morgan fingerprint density at radius 1 is 1.26 bits per heavy atom. The van der Waals surface area contributed by atoms with Crippen molar-refractivity contribution in [1.82, 2.24) is 4.57 Å². The summed E-state index contributed by atoms with van der Waals surface area (Å²) in [6, 6.07) is 14.8. The average molecular weight is 381 g/mol. The maximum atomic E-state index is 11.6. The molecule has 0 spiro atoms. The first-order valence-corrected chi connectivity index (χ1v) is 9.84. The topological polar surface area (TPSA) is 84.1 Å². The summed E-state index contributed by atoms with van der Waals surface area (Å²) in [5.41, 5.74) is 3.54. The number of hydrogen-bond acceptors (Lipinski definition) is 4. The summed E-state index contributed by atoms with van der Waals surface area (Å²) in [4.78, 5) is 0. The molecule has 27 heavy (non-hydrogen) atoms. The van der Waals surface area contributed by atoms with Gasteiger partial charge in [-0.2, -0.15) is 5.26 Å². The molecule has 0 atom stereocenters. The number of aromatic nitrogens is 1. The maximum absolute atomic E-state index is 11.6. The van der Waals surface area contributed by atoms with Gasteiger partial charge in [0.15, 0.2) is 0 Å². The Morgan fingerprint density at radius 2 is 1.96 bits per heavy atom. The zero-order valence-electron chi connectivity index (χ0n) is 15.1. The minimum absolute atomic E-state index is 0.429. The second-order valence-corrected chi connectivity index (χ2v) is 7.48. The van der Waals surface area contributed by atoms with E-state index >= 15 is 0 Å². The van der Waals surface area contributed by atoms with Crippen LogP contribution in [0, 0.1) is 11.3 Å². The second-order valence-electron chi connectivity index (χ2n) is 5.85. The highest BCUT2D eigenvalue weighted by Gasteiger charge is 2.18. The van der Waals surface area contributed by atoms with Crippen LogP contribution >= 0.6 is 0 Å². The second kappa shape index (κ2) is 7.17. The molecule has 0 saturated carbocycles. The van der Waals surface area contributed by atoms with E-state index in [0.717, 1.165) is 33.3 Å². The van der Waals surface area contributed by atoms with Gasteiger partial charge < -0.3 is 9.30 Å². The highest BCUT2D eigenvalue weighted by molar-refractivity contribution is 7.95. The van der Waals surface area contributed by atoms with Gasteiger partial charge in [-0.25, -0.2) is 8.42 Å². The summed E-state index contributed by atoms with van der Waals surface area (Å²) in [6.45, 7) is 5.96. The number of nitriles is 1. The maximum Gasteiger partial charge on any atom is 0.254 e. The summed E-state index contributed by atoms with van der Waals surface area (Å²) < 4.78 is 33.0. The van der Waals surface area contributed by atoms with Crippen molar-refractivity contribution < 1.29 is 13.2 Å². The molecule has 0 aliphatic rings. The van der Waals surface area contributed by atoms with Crippen LogP contribution in [-0.4, -0.2) is 20.1 Å². The standard InChI is InChI=1S/C20H19N3O3S/c1-4-23-19-12-16(26-3)10-11-17(19)18(13-21)20(23)14-6-8-15(9-7-14)22-27(24,25)5-2/h5-12,22H,2,4H2,1,3H3. The Kier molecular flexibility index (Phi) is 4.93. The van der Waals surface area contributed by atoms with E-state index in [1.165, 1.54) is 0 Å². The molecule has 0 aliphatic heterocycles. The van der Waals surface area contributed by atoms with Crippen molar-refractivity contribution in [3.63, 3.8) is 0 Å². The fraction of sp³-hybridized carbons (Fsp3) is 0.150. The Bertz CT molecular complexity index is 1150. The van der Waals surface area contributed by atoms with Crippen LogP contribution in [-0.2, 0) is 16.6 Å². The largest absolute Gasteiger partial charge is 0.497 e. The third-order valence-corrected chi connectivity index (χ3v) is 5.30. The zero-order valence-corrected chi connectivity index (χ0v) is 15.9. The lowest BCUT2D eigenvalue weighted by atomic mass is 10.1. The number of hydrogen-bond donors (Lipinski definition) is 1. The Hall–Kier alpha value is -3.24. The minimum atomic E-state index is -3.56. The van der Waals surface area contributed by atoms with E-state index in [4.69, 9.17) is 4.74 Å². The third-order valence-electron chi connectivity index (χ3n) is 4.34. The van der Waals surface area contributed by atoms with E-state index in [2.05, 4.69) is 21.9 Å². The van der Waals surface area contributed by atoms with Crippen LogP contribution < -0.4 is 9.46 Å². The van der Waals surface area contributed by atoms with E-state index < -0.39 is 10.0 Å². The Balaban J connectivity index is 2.16.